The van der Waals surface area contributed by atoms with Crippen LogP contribution >= 0.6 is 0 Å². The third kappa shape index (κ3) is 4.02. The highest BCUT2D eigenvalue weighted by molar-refractivity contribution is 7.92. The Hall–Kier alpha value is -3.14. The summed E-state index contributed by atoms with van der Waals surface area (Å²) in [4.78, 5) is 12.6. The number of ether oxygens (including phenoxy) is 4. The van der Waals surface area contributed by atoms with E-state index in [0.29, 0.717) is 47.6 Å². The molecule has 0 aromatic heterocycles. The van der Waals surface area contributed by atoms with Crippen molar-refractivity contribution in [1.29, 1.82) is 0 Å². The Morgan fingerprint density at radius 2 is 1.62 bits per heavy atom. The molecule has 10 heteroatoms. The van der Waals surface area contributed by atoms with Crippen LogP contribution < -0.4 is 28.6 Å². The average Bonchev–Trinajstić information content (AvgIpc) is 3.19. The van der Waals surface area contributed by atoms with E-state index in [1.54, 1.807) is 36.4 Å². The quantitative estimate of drug-likeness (QED) is 0.762. The van der Waals surface area contributed by atoms with Crippen LogP contribution in [0, 0.1) is 0 Å². The molecule has 0 fully saturated rings. The molecule has 1 amide bonds. The van der Waals surface area contributed by atoms with E-state index in [9.17, 15) is 13.2 Å². The van der Waals surface area contributed by atoms with Crippen molar-refractivity contribution in [2.24, 2.45) is 0 Å². The van der Waals surface area contributed by atoms with Crippen molar-refractivity contribution >= 4 is 27.3 Å². The van der Waals surface area contributed by atoms with Gasteiger partial charge < -0.3 is 24.3 Å². The minimum atomic E-state index is -3.71. The largest absolute Gasteiger partial charge is 0.486 e. The zero-order chi connectivity index (χ0) is 20.4. The van der Waals surface area contributed by atoms with Crippen LogP contribution in [0.15, 0.2) is 36.4 Å². The lowest BCUT2D eigenvalue weighted by molar-refractivity contribution is -0.114. The average molecular weight is 420 g/mol. The Bertz CT molecular complexity index is 1040. The zero-order valence-electron chi connectivity index (χ0n) is 15.7. The van der Waals surface area contributed by atoms with E-state index >= 15 is 0 Å². The Labute approximate surface area is 168 Å². The van der Waals surface area contributed by atoms with Crippen molar-refractivity contribution in [2.45, 2.75) is 6.92 Å². The predicted molar refractivity (Wildman–Crippen MR) is 105 cm³/mol. The number of carbonyl (C=O) groups excluding carboxylic acids is 1. The first-order valence-corrected chi connectivity index (χ1v) is 10.7. The van der Waals surface area contributed by atoms with Gasteiger partial charge in [-0.05, 0) is 31.2 Å². The number of sulfonamides is 1. The van der Waals surface area contributed by atoms with Gasteiger partial charge in [-0.15, -0.1) is 0 Å². The van der Waals surface area contributed by atoms with Gasteiger partial charge in [0.25, 0.3) is 0 Å². The molecule has 2 heterocycles. The highest BCUT2D eigenvalue weighted by atomic mass is 32.2. The fourth-order valence-electron chi connectivity index (χ4n) is 3.00. The smallest absolute Gasteiger partial charge is 0.245 e. The summed E-state index contributed by atoms with van der Waals surface area (Å²) < 4.78 is 47.9. The first-order valence-electron chi connectivity index (χ1n) is 9.06. The molecule has 0 saturated carbocycles. The molecule has 0 atom stereocenters. The Morgan fingerprint density at radius 3 is 2.41 bits per heavy atom. The van der Waals surface area contributed by atoms with E-state index in [1.807, 2.05) is 0 Å². The van der Waals surface area contributed by atoms with Gasteiger partial charge in [0.2, 0.25) is 22.7 Å². The van der Waals surface area contributed by atoms with Crippen LogP contribution in [0.1, 0.15) is 6.92 Å². The number of fused-ring (bicyclic) bond motifs is 2. The molecule has 4 rings (SSSR count). The highest BCUT2D eigenvalue weighted by Crippen LogP contribution is 2.36. The number of carbonyl (C=O) groups is 1. The standard InChI is InChI=1S/C19H20N2O7S/c1-2-29(23,24)21(14-4-6-15-18(10-14)26-8-7-25-15)11-19(22)20-13-3-5-16-17(9-13)28-12-27-16/h3-6,9-10H,2,7-8,11-12H2,1H3,(H,20,22). The third-order valence-corrected chi connectivity index (χ3v) is 6.20. The highest BCUT2D eigenvalue weighted by Gasteiger charge is 2.26. The summed E-state index contributed by atoms with van der Waals surface area (Å²) in [5.74, 6) is 1.46. The Kier molecular flexibility index (Phi) is 5.10. The van der Waals surface area contributed by atoms with Crippen LogP contribution in [0.5, 0.6) is 23.0 Å². The van der Waals surface area contributed by atoms with Gasteiger partial charge in [-0.25, -0.2) is 8.42 Å². The predicted octanol–water partition coefficient (Wildman–Crippen LogP) is 1.98. The van der Waals surface area contributed by atoms with Crippen LogP contribution in [0.3, 0.4) is 0 Å². The number of hydrogen-bond donors (Lipinski definition) is 1. The molecule has 2 aliphatic rings. The molecule has 29 heavy (non-hydrogen) atoms. The minimum Gasteiger partial charge on any atom is -0.486 e. The third-order valence-electron chi connectivity index (χ3n) is 4.46. The number of hydrogen-bond acceptors (Lipinski definition) is 7. The van der Waals surface area contributed by atoms with Crippen LogP contribution in [0.4, 0.5) is 11.4 Å². The molecule has 0 bridgehead atoms. The molecular formula is C19H20N2O7S. The summed E-state index contributed by atoms with van der Waals surface area (Å²) >= 11 is 0. The van der Waals surface area contributed by atoms with E-state index in [4.69, 9.17) is 18.9 Å². The summed E-state index contributed by atoms with van der Waals surface area (Å²) in [6.45, 7) is 2.07. The fraction of sp³-hybridized carbons (Fsp3) is 0.316. The topological polar surface area (TPSA) is 103 Å². The summed E-state index contributed by atoms with van der Waals surface area (Å²) in [7, 11) is -3.71. The van der Waals surface area contributed by atoms with Gasteiger partial charge in [0.15, 0.2) is 23.0 Å². The number of rotatable bonds is 6. The summed E-state index contributed by atoms with van der Waals surface area (Å²) in [6.07, 6.45) is 0. The molecule has 154 valence electrons. The summed E-state index contributed by atoms with van der Waals surface area (Å²) in [5, 5.41) is 2.69. The molecule has 1 N–H and O–H groups in total. The lowest BCUT2D eigenvalue weighted by atomic mass is 10.2. The molecule has 0 unspecified atom stereocenters. The van der Waals surface area contributed by atoms with Crippen LogP contribution in [-0.2, 0) is 14.8 Å². The monoisotopic (exact) mass is 420 g/mol. The van der Waals surface area contributed by atoms with E-state index < -0.39 is 15.9 Å². The van der Waals surface area contributed by atoms with Crippen molar-refractivity contribution in [3.8, 4) is 23.0 Å². The van der Waals surface area contributed by atoms with Crippen LogP contribution in [0.2, 0.25) is 0 Å². The van der Waals surface area contributed by atoms with Crippen LogP contribution in [-0.4, -0.2) is 46.6 Å². The second-order valence-electron chi connectivity index (χ2n) is 6.35. The van der Waals surface area contributed by atoms with Gasteiger partial charge in [0.1, 0.15) is 19.8 Å². The maximum atomic E-state index is 12.6. The molecule has 0 radical (unpaired) electrons. The first kappa shape index (κ1) is 19.2. The molecule has 0 aliphatic carbocycles. The maximum Gasteiger partial charge on any atom is 0.245 e. The van der Waals surface area contributed by atoms with Gasteiger partial charge in [-0.3, -0.25) is 9.10 Å². The van der Waals surface area contributed by atoms with Gasteiger partial charge in [0.05, 0.1) is 11.4 Å². The number of nitrogens with zero attached hydrogens (tertiary/aromatic N) is 1. The van der Waals surface area contributed by atoms with Crippen molar-refractivity contribution in [3.05, 3.63) is 36.4 Å². The van der Waals surface area contributed by atoms with Crippen molar-refractivity contribution in [1.82, 2.24) is 0 Å². The molecule has 0 saturated heterocycles. The number of anilines is 2. The Balaban J connectivity index is 1.55. The molecule has 0 spiro atoms. The van der Waals surface area contributed by atoms with E-state index in [1.165, 1.54) is 6.92 Å². The number of nitrogens with one attached hydrogen (secondary N) is 1. The number of benzene rings is 2. The summed E-state index contributed by atoms with van der Waals surface area (Å²) in [6, 6.07) is 9.76. The van der Waals surface area contributed by atoms with Gasteiger partial charge in [-0.1, -0.05) is 0 Å². The zero-order valence-corrected chi connectivity index (χ0v) is 16.5. The van der Waals surface area contributed by atoms with Crippen LogP contribution in [0.25, 0.3) is 0 Å². The second kappa shape index (κ2) is 7.70. The normalized spacial score (nSPS) is 14.4. The van der Waals surface area contributed by atoms with Gasteiger partial charge in [0, 0.05) is 17.8 Å². The molecular weight excluding hydrogens is 400 g/mol. The minimum absolute atomic E-state index is 0.124. The molecule has 2 aromatic rings. The first-order chi connectivity index (χ1) is 14.0. The van der Waals surface area contributed by atoms with Crippen molar-refractivity contribution in [3.63, 3.8) is 0 Å². The lowest BCUT2D eigenvalue weighted by Crippen LogP contribution is -2.39. The maximum absolute atomic E-state index is 12.6. The van der Waals surface area contributed by atoms with E-state index in [-0.39, 0.29) is 19.1 Å². The van der Waals surface area contributed by atoms with E-state index in [0.717, 1.165) is 4.31 Å². The Morgan fingerprint density at radius 1 is 0.966 bits per heavy atom. The van der Waals surface area contributed by atoms with Gasteiger partial charge >= 0.3 is 0 Å². The molecule has 9 nitrogen and oxygen atoms in total. The van der Waals surface area contributed by atoms with Gasteiger partial charge in [-0.2, -0.15) is 0 Å². The molecule has 2 aromatic carbocycles. The van der Waals surface area contributed by atoms with Crippen molar-refractivity contribution in [2.75, 3.05) is 41.9 Å². The fourth-order valence-corrected chi connectivity index (χ4v) is 4.06. The second-order valence-corrected chi connectivity index (χ2v) is 8.53. The lowest BCUT2D eigenvalue weighted by Gasteiger charge is -2.25. The SMILES string of the molecule is CCS(=O)(=O)N(CC(=O)Nc1ccc2c(c1)OCO2)c1ccc2c(c1)OCCO2. The van der Waals surface area contributed by atoms with Crippen molar-refractivity contribution < 1.29 is 32.2 Å². The molecule has 2 aliphatic heterocycles. The summed E-state index contributed by atoms with van der Waals surface area (Å²) in [5.41, 5.74) is 0.812. The van der Waals surface area contributed by atoms with E-state index in [2.05, 4.69) is 5.32 Å². The number of amides is 1.